The quantitative estimate of drug-likeness (QED) is 0.389. The number of aliphatic imine (C=N–C) groups is 1. The fourth-order valence-corrected chi connectivity index (χ4v) is 3.21. The molecular weight excluding hydrogens is 419 g/mol. The van der Waals surface area contributed by atoms with Gasteiger partial charge in [-0.3, -0.25) is 4.79 Å². The fraction of sp³-hybridized carbons (Fsp3) is 0.882. The Balaban J connectivity index is 0.00000288. The van der Waals surface area contributed by atoms with Crippen molar-refractivity contribution in [3.05, 3.63) is 0 Å². The maximum absolute atomic E-state index is 11.8. The molecule has 0 aromatic heterocycles. The van der Waals surface area contributed by atoms with Gasteiger partial charge in [-0.05, 0) is 31.6 Å². The smallest absolute Gasteiger partial charge is 0.243 e. The third kappa shape index (κ3) is 7.55. The zero-order valence-electron chi connectivity index (χ0n) is 15.2. The number of halogens is 1. The summed E-state index contributed by atoms with van der Waals surface area (Å²) >= 11 is 0. The molecule has 1 aliphatic heterocycles. The Hall–Kier alpha value is -0.570. The van der Waals surface area contributed by atoms with Gasteiger partial charge in [0.05, 0.1) is 0 Å². The summed E-state index contributed by atoms with van der Waals surface area (Å²) in [5, 5.41) is 7.06. The van der Waals surface area contributed by atoms with E-state index in [0.29, 0.717) is 12.1 Å². The van der Waals surface area contributed by atoms with Gasteiger partial charge in [-0.25, -0.2) is 4.99 Å². The zero-order chi connectivity index (χ0) is 16.7. The van der Waals surface area contributed by atoms with Crippen molar-refractivity contribution in [1.29, 1.82) is 0 Å². The van der Waals surface area contributed by atoms with Crippen LogP contribution in [0.15, 0.2) is 4.99 Å². The highest BCUT2D eigenvalue weighted by Crippen LogP contribution is 2.23. The summed E-state index contributed by atoms with van der Waals surface area (Å²) in [6.07, 6.45) is 6.92. The molecule has 2 rings (SSSR count). The molecule has 2 unspecified atom stereocenters. The number of guanidine groups is 1. The predicted octanol–water partition coefficient (Wildman–Crippen LogP) is 1.99. The lowest BCUT2D eigenvalue weighted by Gasteiger charge is -2.31. The summed E-state index contributed by atoms with van der Waals surface area (Å²) in [6.45, 7) is 4.09. The molecule has 7 heteroatoms. The predicted molar refractivity (Wildman–Crippen MR) is 108 cm³/mol. The average molecular weight is 452 g/mol. The van der Waals surface area contributed by atoms with Crippen molar-refractivity contribution in [3.8, 4) is 0 Å². The van der Waals surface area contributed by atoms with Crippen LogP contribution in [0.1, 0.15) is 45.4 Å². The van der Waals surface area contributed by atoms with Gasteiger partial charge < -0.3 is 20.3 Å². The molecule has 6 nitrogen and oxygen atoms in total. The molecule has 1 aliphatic carbocycles. The lowest BCUT2D eigenvalue weighted by Crippen LogP contribution is -2.50. The van der Waals surface area contributed by atoms with E-state index < -0.39 is 0 Å². The third-order valence-electron chi connectivity index (χ3n) is 4.71. The molecule has 24 heavy (non-hydrogen) atoms. The number of likely N-dealkylation sites (N-methyl/N-ethyl adjacent to an activating group) is 1. The molecule has 1 saturated carbocycles. The van der Waals surface area contributed by atoms with E-state index in [4.69, 9.17) is 4.74 Å². The van der Waals surface area contributed by atoms with Crippen molar-refractivity contribution < 1.29 is 9.53 Å². The number of hydrogen-bond acceptors (Lipinski definition) is 3. The topological polar surface area (TPSA) is 66.0 Å². The Morgan fingerprint density at radius 3 is 2.42 bits per heavy atom. The van der Waals surface area contributed by atoms with E-state index in [-0.39, 0.29) is 36.4 Å². The van der Waals surface area contributed by atoms with Crippen molar-refractivity contribution >= 4 is 35.8 Å². The summed E-state index contributed by atoms with van der Waals surface area (Å²) in [5.74, 6) is 1.57. The minimum absolute atomic E-state index is 0. The molecule has 0 spiro atoms. The van der Waals surface area contributed by atoms with Gasteiger partial charge in [0.2, 0.25) is 5.91 Å². The summed E-state index contributed by atoms with van der Waals surface area (Å²) in [4.78, 5) is 17.9. The van der Waals surface area contributed by atoms with Gasteiger partial charge >= 0.3 is 0 Å². The monoisotopic (exact) mass is 452 g/mol. The van der Waals surface area contributed by atoms with Gasteiger partial charge in [0.25, 0.3) is 0 Å². The summed E-state index contributed by atoms with van der Waals surface area (Å²) in [5.41, 5.74) is 0. The average Bonchev–Trinajstić information content (AvgIpc) is 2.53. The summed E-state index contributed by atoms with van der Waals surface area (Å²) < 4.78 is 5.41. The standard InChI is InChI=1S/C17H32N4O2.HI/c1-13-5-4-6-15(11-13)20-17(18-12-16(22)21(2)3)19-14-7-9-23-10-8-14;/h13-15H,4-12H2,1-3H3,(H2,18,19,20);1H. The lowest BCUT2D eigenvalue weighted by molar-refractivity contribution is -0.127. The molecule has 1 saturated heterocycles. The molecule has 0 aromatic rings. The van der Waals surface area contributed by atoms with Crippen molar-refractivity contribution in [3.63, 3.8) is 0 Å². The first kappa shape index (κ1) is 21.5. The molecule has 2 N–H and O–H groups in total. The van der Waals surface area contributed by atoms with E-state index in [9.17, 15) is 4.79 Å². The highest BCUT2D eigenvalue weighted by Gasteiger charge is 2.22. The van der Waals surface area contributed by atoms with Gasteiger partial charge in [-0.1, -0.05) is 19.8 Å². The van der Waals surface area contributed by atoms with Crippen molar-refractivity contribution in [2.45, 2.75) is 57.5 Å². The highest BCUT2D eigenvalue weighted by molar-refractivity contribution is 14.0. The second-order valence-electron chi connectivity index (χ2n) is 7.10. The maximum atomic E-state index is 11.8. The van der Waals surface area contributed by atoms with E-state index in [1.54, 1.807) is 19.0 Å². The molecule has 2 aliphatic rings. The van der Waals surface area contributed by atoms with E-state index in [1.165, 1.54) is 25.7 Å². The number of rotatable bonds is 4. The second-order valence-corrected chi connectivity index (χ2v) is 7.10. The van der Waals surface area contributed by atoms with Crippen LogP contribution < -0.4 is 10.6 Å². The van der Waals surface area contributed by atoms with Gasteiger partial charge in [0.15, 0.2) is 5.96 Å². The lowest BCUT2D eigenvalue weighted by atomic mass is 9.87. The first-order chi connectivity index (χ1) is 11.0. The van der Waals surface area contributed by atoms with Gasteiger partial charge in [-0.15, -0.1) is 24.0 Å². The number of amides is 1. The van der Waals surface area contributed by atoms with Gasteiger partial charge in [0, 0.05) is 39.4 Å². The van der Waals surface area contributed by atoms with E-state index in [0.717, 1.165) is 37.9 Å². The molecule has 0 aromatic carbocycles. The number of hydrogen-bond donors (Lipinski definition) is 2. The minimum atomic E-state index is 0. The third-order valence-corrected chi connectivity index (χ3v) is 4.71. The van der Waals surface area contributed by atoms with Crippen molar-refractivity contribution in [1.82, 2.24) is 15.5 Å². The number of ether oxygens (including phenoxy) is 1. The van der Waals surface area contributed by atoms with Gasteiger partial charge in [0.1, 0.15) is 6.54 Å². The Labute approximate surface area is 163 Å². The molecule has 1 amide bonds. The second kappa shape index (κ2) is 11.1. The van der Waals surface area contributed by atoms with Crippen LogP contribution in [0.4, 0.5) is 0 Å². The Morgan fingerprint density at radius 1 is 1.12 bits per heavy atom. The molecule has 1 heterocycles. The number of carbonyl (C=O) groups excluding carboxylic acids is 1. The molecule has 2 fully saturated rings. The van der Waals surface area contributed by atoms with Crippen molar-refractivity contribution in [2.75, 3.05) is 33.9 Å². The molecule has 140 valence electrons. The molecule has 0 bridgehead atoms. The van der Waals surface area contributed by atoms with E-state index in [1.807, 2.05) is 0 Å². The van der Waals surface area contributed by atoms with E-state index >= 15 is 0 Å². The van der Waals surface area contributed by atoms with Crippen LogP contribution >= 0.6 is 24.0 Å². The Kier molecular flexibility index (Phi) is 9.95. The SMILES string of the molecule is CC1CCCC(NC(=NCC(=O)N(C)C)NC2CCOCC2)C1.I. The summed E-state index contributed by atoms with van der Waals surface area (Å²) in [6, 6.07) is 0.838. The van der Waals surface area contributed by atoms with Crippen LogP contribution in [0.2, 0.25) is 0 Å². The fourth-order valence-electron chi connectivity index (χ4n) is 3.21. The number of nitrogens with zero attached hydrogens (tertiary/aromatic N) is 2. The first-order valence-electron chi connectivity index (χ1n) is 8.90. The van der Waals surface area contributed by atoms with Crippen LogP contribution in [0.3, 0.4) is 0 Å². The van der Waals surface area contributed by atoms with Crippen LogP contribution in [0.5, 0.6) is 0 Å². The molecule has 0 radical (unpaired) electrons. The Bertz CT molecular complexity index is 411. The minimum Gasteiger partial charge on any atom is -0.381 e. The first-order valence-corrected chi connectivity index (χ1v) is 8.90. The number of carbonyl (C=O) groups is 1. The maximum Gasteiger partial charge on any atom is 0.243 e. The normalized spacial score (nSPS) is 25.5. The highest BCUT2D eigenvalue weighted by atomic mass is 127. The van der Waals surface area contributed by atoms with Crippen LogP contribution in [-0.2, 0) is 9.53 Å². The largest absolute Gasteiger partial charge is 0.381 e. The molecular formula is C17H33IN4O2. The Morgan fingerprint density at radius 2 is 1.79 bits per heavy atom. The number of nitrogens with one attached hydrogen (secondary N) is 2. The molecule has 2 atom stereocenters. The van der Waals surface area contributed by atoms with Gasteiger partial charge in [-0.2, -0.15) is 0 Å². The van der Waals surface area contributed by atoms with Crippen LogP contribution in [0.25, 0.3) is 0 Å². The summed E-state index contributed by atoms with van der Waals surface area (Å²) in [7, 11) is 3.53. The van der Waals surface area contributed by atoms with Crippen molar-refractivity contribution in [2.24, 2.45) is 10.9 Å². The van der Waals surface area contributed by atoms with E-state index in [2.05, 4.69) is 22.5 Å². The van der Waals surface area contributed by atoms with Crippen LogP contribution in [0, 0.1) is 5.92 Å². The van der Waals surface area contributed by atoms with Crippen LogP contribution in [-0.4, -0.2) is 62.7 Å². The zero-order valence-corrected chi connectivity index (χ0v) is 17.5.